The Kier molecular flexibility index (Phi) is 6.04. The van der Waals surface area contributed by atoms with Gasteiger partial charge in [0.25, 0.3) is 0 Å². The lowest BCUT2D eigenvalue weighted by Gasteiger charge is -2.18. The van der Waals surface area contributed by atoms with Crippen LogP contribution in [0.25, 0.3) is 22.3 Å². The number of rotatable bonds is 7. The van der Waals surface area contributed by atoms with Crippen LogP contribution in [-0.2, 0) is 0 Å². The van der Waals surface area contributed by atoms with Gasteiger partial charge < -0.3 is 15.0 Å². The summed E-state index contributed by atoms with van der Waals surface area (Å²) in [7, 11) is 5.71. The van der Waals surface area contributed by atoms with Crippen LogP contribution in [0, 0.1) is 0 Å². The molecule has 0 amide bonds. The molecule has 0 aliphatic heterocycles. The Balaban J connectivity index is 1.83. The first kappa shape index (κ1) is 20.7. The van der Waals surface area contributed by atoms with Gasteiger partial charge in [-0.15, -0.1) is 0 Å². The van der Waals surface area contributed by atoms with E-state index in [1.807, 2.05) is 55.9 Å². The highest BCUT2D eigenvalue weighted by Crippen LogP contribution is 2.35. The number of nitrogens with one attached hydrogen (secondary N) is 1. The molecular formula is C24H23N5OS. The zero-order chi connectivity index (χ0) is 21.8. The molecule has 2 aromatic carbocycles. The van der Waals surface area contributed by atoms with Gasteiger partial charge in [-0.05, 0) is 53.9 Å². The Hall–Kier alpha value is -3.58. The van der Waals surface area contributed by atoms with Crippen LogP contribution in [-0.4, -0.2) is 36.2 Å². The number of nitrogens with zero attached hydrogens (tertiary/aromatic N) is 4. The molecule has 0 bridgehead atoms. The molecule has 1 N–H and O–H groups in total. The molecule has 0 saturated heterocycles. The highest BCUT2D eigenvalue weighted by atomic mass is 32.2. The molecule has 0 fully saturated rings. The van der Waals surface area contributed by atoms with Gasteiger partial charge in [0.15, 0.2) is 5.82 Å². The van der Waals surface area contributed by atoms with E-state index in [1.54, 1.807) is 31.3 Å². The molecule has 2 heterocycles. The number of methoxy groups -OCH3 is 1. The van der Waals surface area contributed by atoms with Crippen molar-refractivity contribution in [2.75, 3.05) is 31.4 Å². The Morgan fingerprint density at radius 2 is 1.97 bits per heavy atom. The van der Waals surface area contributed by atoms with E-state index in [0.29, 0.717) is 11.6 Å². The van der Waals surface area contributed by atoms with Crippen LogP contribution in [0.3, 0.4) is 0 Å². The molecule has 6 nitrogen and oxygen atoms in total. The largest absolute Gasteiger partial charge is 0.497 e. The lowest BCUT2D eigenvalue weighted by molar-refractivity contribution is 0.415. The number of pyridine rings is 1. The molecular weight excluding hydrogens is 406 g/mol. The van der Waals surface area contributed by atoms with Crippen molar-refractivity contribution in [3.63, 3.8) is 0 Å². The fourth-order valence-electron chi connectivity index (χ4n) is 3.24. The summed E-state index contributed by atoms with van der Waals surface area (Å²) in [6.07, 6.45) is 3.50. The summed E-state index contributed by atoms with van der Waals surface area (Å²) in [6.45, 7) is 3.86. The third kappa shape index (κ3) is 4.46. The van der Waals surface area contributed by atoms with Crippen molar-refractivity contribution in [2.24, 2.45) is 0 Å². The summed E-state index contributed by atoms with van der Waals surface area (Å²) in [6, 6.07) is 15.8. The van der Waals surface area contributed by atoms with E-state index in [-0.39, 0.29) is 0 Å². The van der Waals surface area contributed by atoms with Crippen molar-refractivity contribution in [3.05, 3.63) is 72.9 Å². The first-order chi connectivity index (χ1) is 15.1. The summed E-state index contributed by atoms with van der Waals surface area (Å²) in [5, 5.41) is 6.19. The quantitative estimate of drug-likeness (QED) is 0.376. The highest BCUT2D eigenvalue weighted by molar-refractivity contribution is 8.02. The van der Waals surface area contributed by atoms with Gasteiger partial charge in [-0.2, -0.15) is 0 Å². The maximum atomic E-state index is 5.42. The van der Waals surface area contributed by atoms with E-state index in [9.17, 15) is 0 Å². The Labute approximate surface area is 186 Å². The van der Waals surface area contributed by atoms with E-state index in [4.69, 9.17) is 14.7 Å². The molecule has 4 rings (SSSR count). The number of benzene rings is 2. The van der Waals surface area contributed by atoms with Crippen molar-refractivity contribution in [1.82, 2.24) is 15.0 Å². The van der Waals surface area contributed by atoms with Crippen molar-refractivity contribution in [2.45, 2.75) is 4.90 Å². The number of ether oxygens (including phenoxy) is 1. The van der Waals surface area contributed by atoms with Crippen molar-refractivity contribution >= 4 is 39.9 Å². The van der Waals surface area contributed by atoms with Crippen molar-refractivity contribution < 1.29 is 4.74 Å². The second-order valence-corrected chi connectivity index (χ2v) is 8.02. The minimum Gasteiger partial charge on any atom is -0.497 e. The predicted octanol–water partition coefficient (Wildman–Crippen LogP) is 5.75. The van der Waals surface area contributed by atoms with E-state index in [0.717, 1.165) is 38.5 Å². The standard InChI is InChI=1S/C24H23N5OS/c1-5-31-22-13-17(8-11-21(22)29(2)3)26-24-19-14-18(30-4)9-10-20(19)27-23(28-24)16-7-6-12-25-15-16/h5-15H,1H2,2-4H3,(H,26,27,28). The van der Waals surface area contributed by atoms with E-state index in [2.05, 4.69) is 33.9 Å². The Morgan fingerprint density at radius 1 is 1.10 bits per heavy atom. The molecule has 31 heavy (non-hydrogen) atoms. The third-order valence-electron chi connectivity index (χ3n) is 4.74. The maximum absolute atomic E-state index is 5.42. The van der Waals surface area contributed by atoms with E-state index >= 15 is 0 Å². The number of hydrogen-bond donors (Lipinski definition) is 1. The molecule has 4 aromatic rings. The smallest absolute Gasteiger partial charge is 0.163 e. The second kappa shape index (κ2) is 9.06. The molecule has 0 spiro atoms. The molecule has 156 valence electrons. The number of anilines is 3. The van der Waals surface area contributed by atoms with Gasteiger partial charge in [-0.3, -0.25) is 4.98 Å². The van der Waals surface area contributed by atoms with Crippen LogP contribution >= 0.6 is 11.8 Å². The minimum atomic E-state index is 0.610. The predicted molar refractivity (Wildman–Crippen MR) is 129 cm³/mol. The third-order valence-corrected chi connectivity index (χ3v) is 5.48. The van der Waals surface area contributed by atoms with Gasteiger partial charge in [0, 0.05) is 48.0 Å². The average Bonchev–Trinajstić information content (AvgIpc) is 2.79. The molecule has 0 aliphatic carbocycles. The molecule has 7 heteroatoms. The van der Waals surface area contributed by atoms with Crippen molar-refractivity contribution in [1.29, 1.82) is 0 Å². The molecule has 2 aromatic heterocycles. The summed E-state index contributed by atoms with van der Waals surface area (Å²) in [4.78, 5) is 16.9. The average molecular weight is 430 g/mol. The lowest BCUT2D eigenvalue weighted by atomic mass is 10.2. The van der Waals surface area contributed by atoms with Crippen LogP contribution in [0.15, 0.2) is 77.8 Å². The van der Waals surface area contributed by atoms with Crippen LogP contribution in [0.2, 0.25) is 0 Å². The van der Waals surface area contributed by atoms with Crippen LogP contribution in [0.5, 0.6) is 5.75 Å². The molecule has 0 radical (unpaired) electrons. The monoisotopic (exact) mass is 429 g/mol. The molecule has 0 atom stereocenters. The van der Waals surface area contributed by atoms with Crippen LogP contribution < -0.4 is 15.0 Å². The fraction of sp³-hybridized carbons (Fsp3) is 0.125. The van der Waals surface area contributed by atoms with Gasteiger partial charge in [-0.1, -0.05) is 18.3 Å². The molecule has 0 unspecified atom stereocenters. The summed E-state index contributed by atoms with van der Waals surface area (Å²) in [5.74, 6) is 2.06. The lowest BCUT2D eigenvalue weighted by Crippen LogP contribution is -2.09. The number of hydrogen-bond acceptors (Lipinski definition) is 7. The van der Waals surface area contributed by atoms with E-state index in [1.165, 1.54) is 0 Å². The number of thioether (sulfide) groups is 1. The normalized spacial score (nSPS) is 10.7. The van der Waals surface area contributed by atoms with Crippen molar-refractivity contribution in [3.8, 4) is 17.1 Å². The Bertz CT molecular complexity index is 1230. The van der Waals surface area contributed by atoms with E-state index < -0.39 is 0 Å². The zero-order valence-corrected chi connectivity index (χ0v) is 18.5. The maximum Gasteiger partial charge on any atom is 0.163 e. The highest BCUT2D eigenvalue weighted by Gasteiger charge is 2.13. The summed E-state index contributed by atoms with van der Waals surface area (Å²) >= 11 is 1.59. The first-order valence-corrected chi connectivity index (χ1v) is 10.6. The summed E-state index contributed by atoms with van der Waals surface area (Å²) < 4.78 is 5.42. The van der Waals surface area contributed by atoms with Crippen LogP contribution in [0.1, 0.15) is 0 Å². The van der Waals surface area contributed by atoms with Crippen LogP contribution in [0.4, 0.5) is 17.2 Å². The van der Waals surface area contributed by atoms with Gasteiger partial charge in [0.05, 0.1) is 18.3 Å². The van der Waals surface area contributed by atoms with Gasteiger partial charge in [-0.25, -0.2) is 9.97 Å². The summed E-state index contributed by atoms with van der Waals surface area (Å²) in [5.41, 5.74) is 3.73. The second-order valence-electron chi connectivity index (χ2n) is 7.01. The van der Waals surface area contributed by atoms with Gasteiger partial charge >= 0.3 is 0 Å². The zero-order valence-electron chi connectivity index (χ0n) is 17.7. The fourth-order valence-corrected chi connectivity index (χ4v) is 3.98. The number of aromatic nitrogens is 3. The van der Waals surface area contributed by atoms with Gasteiger partial charge in [0.2, 0.25) is 0 Å². The minimum absolute atomic E-state index is 0.610. The SMILES string of the molecule is C=CSc1cc(Nc2nc(-c3cccnc3)nc3ccc(OC)cc23)ccc1N(C)C. The Morgan fingerprint density at radius 3 is 2.68 bits per heavy atom. The molecule has 0 saturated carbocycles. The van der Waals surface area contributed by atoms with Gasteiger partial charge in [0.1, 0.15) is 11.6 Å². The topological polar surface area (TPSA) is 63.2 Å². The number of fused-ring (bicyclic) bond motifs is 1. The molecule has 0 aliphatic rings. The first-order valence-electron chi connectivity index (χ1n) is 9.71.